The van der Waals surface area contributed by atoms with Crippen LogP contribution in [0.25, 0.3) is 10.9 Å². The fourth-order valence-electron chi connectivity index (χ4n) is 1.74. The summed E-state index contributed by atoms with van der Waals surface area (Å²) in [5, 5.41) is 11.2. The number of aromatic nitrogens is 1. The second kappa shape index (κ2) is 6.03. The van der Waals surface area contributed by atoms with E-state index in [1.807, 2.05) is 30.3 Å². The molecule has 0 saturated heterocycles. The topological polar surface area (TPSA) is 33.1 Å². The zero-order valence-electron chi connectivity index (χ0n) is 9.97. The quantitative estimate of drug-likeness (QED) is 0.822. The minimum absolute atomic E-state index is 0.379. The van der Waals surface area contributed by atoms with Crippen LogP contribution in [0, 0.1) is 0 Å². The zero-order chi connectivity index (χ0) is 12.1. The summed E-state index contributed by atoms with van der Waals surface area (Å²) >= 11 is 1.80. The Labute approximate surface area is 106 Å². The molecule has 0 amide bonds. The van der Waals surface area contributed by atoms with Crippen molar-refractivity contribution in [3.8, 4) is 0 Å². The van der Waals surface area contributed by atoms with Crippen LogP contribution in [0.4, 0.5) is 0 Å². The lowest BCUT2D eigenvalue weighted by Gasteiger charge is -2.11. The van der Waals surface area contributed by atoms with Gasteiger partial charge in [0.2, 0.25) is 0 Å². The maximum atomic E-state index is 10.1. The fraction of sp³-hybridized carbons (Fsp3) is 0.357. The van der Waals surface area contributed by atoms with E-state index in [0.29, 0.717) is 0 Å². The van der Waals surface area contributed by atoms with Gasteiger partial charge in [0.15, 0.2) is 0 Å². The predicted octanol–water partition coefficient (Wildman–Crippen LogP) is 3.41. The van der Waals surface area contributed by atoms with E-state index in [0.717, 1.165) is 34.4 Å². The Morgan fingerprint density at radius 3 is 3.06 bits per heavy atom. The molecule has 1 unspecified atom stereocenters. The van der Waals surface area contributed by atoms with E-state index in [9.17, 15) is 5.11 Å². The minimum atomic E-state index is -0.379. The Morgan fingerprint density at radius 2 is 2.24 bits per heavy atom. The van der Waals surface area contributed by atoms with Crippen LogP contribution >= 0.6 is 11.8 Å². The number of fused-ring (bicyclic) bond motifs is 1. The van der Waals surface area contributed by atoms with Crippen molar-refractivity contribution in [1.29, 1.82) is 0 Å². The van der Waals surface area contributed by atoms with Crippen molar-refractivity contribution in [3.05, 3.63) is 42.1 Å². The van der Waals surface area contributed by atoms with Crippen molar-refractivity contribution in [3.63, 3.8) is 0 Å². The van der Waals surface area contributed by atoms with Gasteiger partial charge in [-0.1, -0.05) is 19.1 Å². The van der Waals surface area contributed by atoms with E-state index >= 15 is 0 Å². The van der Waals surface area contributed by atoms with Gasteiger partial charge >= 0.3 is 0 Å². The molecule has 1 N–H and O–H groups in total. The molecule has 1 aromatic carbocycles. The minimum Gasteiger partial charge on any atom is -0.388 e. The van der Waals surface area contributed by atoms with Crippen molar-refractivity contribution in [1.82, 2.24) is 4.98 Å². The van der Waals surface area contributed by atoms with E-state index in [1.54, 1.807) is 18.0 Å². The molecular formula is C14H17NOS. The summed E-state index contributed by atoms with van der Waals surface area (Å²) in [6.45, 7) is 2.15. The molecule has 0 aliphatic carbocycles. The Bertz CT molecular complexity index is 486. The summed E-state index contributed by atoms with van der Waals surface area (Å²) < 4.78 is 0. The predicted molar refractivity (Wildman–Crippen MR) is 74.3 cm³/mol. The summed E-state index contributed by atoms with van der Waals surface area (Å²) in [5.41, 5.74) is 1.96. The van der Waals surface area contributed by atoms with Gasteiger partial charge in [0.1, 0.15) is 0 Å². The monoisotopic (exact) mass is 247 g/mol. The molecule has 2 nitrogen and oxygen atoms in total. The first-order valence-electron chi connectivity index (χ1n) is 5.91. The van der Waals surface area contributed by atoms with Gasteiger partial charge in [0.05, 0.1) is 11.6 Å². The van der Waals surface area contributed by atoms with E-state index < -0.39 is 0 Å². The largest absolute Gasteiger partial charge is 0.388 e. The van der Waals surface area contributed by atoms with Gasteiger partial charge in [-0.2, -0.15) is 11.8 Å². The van der Waals surface area contributed by atoms with E-state index in [1.165, 1.54) is 0 Å². The normalized spacial score (nSPS) is 12.8. The standard InChI is InChI=1S/C14H17NOS/c1-2-8-17-10-14(16)12-5-6-13-11(9-12)4-3-7-15-13/h3-7,9,14,16H,2,8,10H2,1H3. The molecule has 0 radical (unpaired) electrons. The van der Waals surface area contributed by atoms with Crippen LogP contribution in [-0.4, -0.2) is 21.6 Å². The van der Waals surface area contributed by atoms with Gasteiger partial charge in [-0.3, -0.25) is 4.98 Å². The Kier molecular flexibility index (Phi) is 4.40. The van der Waals surface area contributed by atoms with E-state index in [4.69, 9.17) is 0 Å². The lowest BCUT2D eigenvalue weighted by molar-refractivity contribution is 0.204. The lowest BCUT2D eigenvalue weighted by atomic mass is 10.1. The van der Waals surface area contributed by atoms with Gasteiger partial charge in [-0.25, -0.2) is 0 Å². The molecule has 17 heavy (non-hydrogen) atoms. The summed E-state index contributed by atoms with van der Waals surface area (Å²) in [6, 6.07) is 9.91. The number of aliphatic hydroxyl groups excluding tert-OH is 1. The second-order valence-corrected chi connectivity index (χ2v) is 5.20. The van der Waals surface area contributed by atoms with Crippen molar-refractivity contribution >= 4 is 22.7 Å². The maximum Gasteiger partial charge on any atom is 0.0880 e. The number of pyridine rings is 1. The van der Waals surface area contributed by atoms with Crippen molar-refractivity contribution in [2.24, 2.45) is 0 Å². The number of hydrogen-bond acceptors (Lipinski definition) is 3. The van der Waals surface area contributed by atoms with Crippen LogP contribution in [0.2, 0.25) is 0 Å². The average molecular weight is 247 g/mol. The summed E-state index contributed by atoms with van der Waals surface area (Å²) in [7, 11) is 0. The summed E-state index contributed by atoms with van der Waals surface area (Å²) in [6.07, 6.45) is 2.56. The first-order chi connectivity index (χ1) is 8.31. The van der Waals surface area contributed by atoms with Crippen molar-refractivity contribution in [2.75, 3.05) is 11.5 Å². The highest BCUT2D eigenvalue weighted by molar-refractivity contribution is 7.99. The van der Waals surface area contributed by atoms with Crippen LogP contribution in [0.3, 0.4) is 0 Å². The highest BCUT2D eigenvalue weighted by Crippen LogP contribution is 2.22. The number of aliphatic hydroxyl groups is 1. The van der Waals surface area contributed by atoms with Crippen LogP contribution in [0.15, 0.2) is 36.5 Å². The molecule has 1 aromatic heterocycles. The molecule has 3 heteroatoms. The van der Waals surface area contributed by atoms with E-state index in [2.05, 4.69) is 11.9 Å². The van der Waals surface area contributed by atoms with Gasteiger partial charge < -0.3 is 5.11 Å². The SMILES string of the molecule is CCCSCC(O)c1ccc2ncccc2c1. The molecule has 90 valence electrons. The molecule has 0 bridgehead atoms. The molecule has 0 spiro atoms. The van der Waals surface area contributed by atoms with Crippen LogP contribution in [-0.2, 0) is 0 Å². The number of nitrogens with zero attached hydrogens (tertiary/aromatic N) is 1. The molecule has 0 fully saturated rings. The van der Waals surface area contributed by atoms with Crippen LogP contribution in [0.5, 0.6) is 0 Å². The number of hydrogen-bond donors (Lipinski definition) is 1. The molecule has 1 heterocycles. The highest BCUT2D eigenvalue weighted by Gasteiger charge is 2.08. The third-order valence-corrected chi connectivity index (χ3v) is 3.88. The smallest absolute Gasteiger partial charge is 0.0880 e. The molecular weight excluding hydrogens is 230 g/mol. The average Bonchev–Trinajstić information content (AvgIpc) is 2.38. The lowest BCUT2D eigenvalue weighted by Crippen LogP contribution is -2.01. The first-order valence-corrected chi connectivity index (χ1v) is 7.07. The Hall–Kier alpha value is -1.06. The molecule has 0 aliphatic rings. The maximum absolute atomic E-state index is 10.1. The van der Waals surface area contributed by atoms with Crippen molar-refractivity contribution in [2.45, 2.75) is 19.4 Å². The number of rotatable bonds is 5. The van der Waals surface area contributed by atoms with E-state index in [-0.39, 0.29) is 6.10 Å². The second-order valence-electron chi connectivity index (χ2n) is 4.05. The summed E-state index contributed by atoms with van der Waals surface area (Å²) in [4.78, 5) is 4.27. The Balaban J connectivity index is 2.12. The Morgan fingerprint density at radius 1 is 1.35 bits per heavy atom. The number of benzene rings is 1. The first kappa shape index (κ1) is 12.4. The van der Waals surface area contributed by atoms with Gasteiger partial charge in [0.25, 0.3) is 0 Å². The molecule has 0 aliphatic heterocycles. The highest BCUT2D eigenvalue weighted by atomic mass is 32.2. The van der Waals surface area contributed by atoms with Crippen LogP contribution < -0.4 is 0 Å². The number of thioether (sulfide) groups is 1. The molecule has 1 atom stereocenters. The molecule has 2 aromatic rings. The van der Waals surface area contributed by atoms with Gasteiger partial charge in [0, 0.05) is 17.3 Å². The van der Waals surface area contributed by atoms with Crippen molar-refractivity contribution < 1.29 is 5.11 Å². The van der Waals surface area contributed by atoms with Gasteiger partial charge in [-0.15, -0.1) is 0 Å². The van der Waals surface area contributed by atoms with Gasteiger partial charge in [-0.05, 0) is 35.9 Å². The summed E-state index contributed by atoms with van der Waals surface area (Å²) in [5.74, 6) is 1.87. The zero-order valence-corrected chi connectivity index (χ0v) is 10.8. The molecule has 0 saturated carbocycles. The van der Waals surface area contributed by atoms with Crippen LogP contribution in [0.1, 0.15) is 25.0 Å². The molecule has 2 rings (SSSR count). The fourth-order valence-corrected chi connectivity index (χ4v) is 2.61. The third-order valence-electron chi connectivity index (χ3n) is 2.64. The third kappa shape index (κ3) is 3.20.